The lowest BCUT2D eigenvalue weighted by molar-refractivity contribution is -0.143. The number of ketones is 1. The Hall–Kier alpha value is -2.12. The second kappa shape index (κ2) is 7.13. The fourth-order valence-corrected chi connectivity index (χ4v) is 3.43. The third kappa shape index (κ3) is 4.25. The Morgan fingerprint density at radius 2 is 1.81 bits per heavy atom. The molecule has 4 nitrogen and oxygen atoms in total. The summed E-state index contributed by atoms with van der Waals surface area (Å²) in [5.74, 6) is -1.58. The van der Waals surface area contributed by atoms with Gasteiger partial charge in [0.25, 0.3) is 0 Å². The molecule has 1 saturated carbocycles. The molecule has 0 aliphatic heterocycles. The monoisotopic (exact) mass is 389 g/mol. The highest BCUT2D eigenvalue weighted by Crippen LogP contribution is 2.45. The second-order valence-electron chi connectivity index (χ2n) is 7.72. The summed E-state index contributed by atoms with van der Waals surface area (Å²) in [6.07, 6.45) is -4.77. The van der Waals surface area contributed by atoms with Gasteiger partial charge in [-0.15, -0.1) is 0 Å². The topological polar surface area (TPSA) is 46.6 Å². The molecule has 0 aromatic heterocycles. The molecule has 0 saturated heterocycles. The van der Waals surface area contributed by atoms with Crippen molar-refractivity contribution < 1.29 is 31.9 Å². The van der Waals surface area contributed by atoms with Gasteiger partial charge in [-0.1, -0.05) is 6.07 Å². The molecule has 0 heterocycles. The van der Waals surface area contributed by atoms with Gasteiger partial charge in [0.05, 0.1) is 5.56 Å². The van der Waals surface area contributed by atoms with Gasteiger partial charge in [-0.05, 0) is 57.7 Å². The van der Waals surface area contributed by atoms with Crippen molar-refractivity contribution in [2.45, 2.75) is 63.8 Å². The Morgan fingerprint density at radius 3 is 2.33 bits per heavy atom. The van der Waals surface area contributed by atoms with Crippen molar-refractivity contribution in [2.75, 3.05) is 7.05 Å². The maximum absolute atomic E-state index is 13.6. The average molecular weight is 389 g/mol. The zero-order chi connectivity index (χ0) is 20.6. The number of carbonyl (C=O) groups excluding carboxylic acids is 2. The quantitative estimate of drug-likeness (QED) is 0.665. The van der Waals surface area contributed by atoms with Crippen molar-refractivity contribution in [3.05, 3.63) is 35.1 Å². The Bertz CT molecular complexity index is 739. The molecule has 1 aliphatic rings. The van der Waals surface area contributed by atoms with Crippen LogP contribution in [-0.2, 0) is 21.2 Å². The molecule has 1 aromatic rings. The van der Waals surface area contributed by atoms with Gasteiger partial charge in [0, 0.05) is 13.5 Å². The van der Waals surface area contributed by atoms with Gasteiger partial charge in [0.2, 0.25) is 0 Å². The van der Waals surface area contributed by atoms with Crippen LogP contribution in [-0.4, -0.2) is 29.4 Å². The van der Waals surface area contributed by atoms with Crippen molar-refractivity contribution >= 4 is 11.9 Å². The maximum Gasteiger partial charge on any atom is 0.416 e. The summed E-state index contributed by atoms with van der Waals surface area (Å²) < 4.78 is 59.6. The summed E-state index contributed by atoms with van der Waals surface area (Å²) in [4.78, 5) is 26.4. The molecule has 0 N–H and O–H groups in total. The highest BCUT2D eigenvalue weighted by atomic mass is 19.4. The number of alkyl halides is 3. The molecule has 1 unspecified atom stereocenters. The Morgan fingerprint density at radius 1 is 1.19 bits per heavy atom. The van der Waals surface area contributed by atoms with Gasteiger partial charge >= 0.3 is 12.3 Å². The molecule has 0 bridgehead atoms. The SMILES string of the molecule is CN(C(=O)OC(C)(C)C)C1(c2ccc(F)cc2C(F)(F)F)CCCCC1=O. The van der Waals surface area contributed by atoms with Gasteiger partial charge in [-0.3, -0.25) is 9.69 Å². The van der Waals surface area contributed by atoms with E-state index in [0.717, 1.165) is 17.0 Å². The summed E-state index contributed by atoms with van der Waals surface area (Å²) in [6, 6.07) is 2.18. The normalized spacial score (nSPS) is 21.1. The average Bonchev–Trinajstić information content (AvgIpc) is 2.52. The summed E-state index contributed by atoms with van der Waals surface area (Å²) in [5, 5.41) is 0. The first-order valence-corrected chi connectivity index (χ1v) is 8.66. The number of rotatable bonds is 2. The minimum Gasteiger partial charge on any atom is -0.444 e. The van der Waals surface area contributed by atoms with Crippen LogP contribution in [0.1, 0.15) is 57.6 Å². The summed E-state index contributed by atoms with van der Waals surface area (Å²) in [7, 11) is 1.25. The second-order valence-corrected chi connectivity index (χ2v) is 7.72. The van der Waals surface area contributed by atoms with E-state index in [4.69, 9.17) is 4.74 Å². The number of benzene rings is 1. The first kappa shape index (κ1) is 21.2. The van der Waals surface area contributed by atoms with Crippen LogP contribution in [0.15, 0.2) is 18.2 Å². The summed E-state index contributed by atoms with van der Waals surface area (Å²) >= 11 is 0. The number of halogens is 4. The van der Waals surface area contributed by atoms with Crippen molar-refractivity contribution in [2.24, 2.45) is 0 Å². The number of nitrogens with zero attached hydrogens (tertiary/aromatic N) is 1. The predicted octanol–water partition coefficient (Wildman–Crippen LogP) is 5.05. The van der Waals surface area contributed by atoms with Crippen LogP contribution in [0.2, 0.25) is 0 Å². The first-order chi connectivity index (χ1) is 12.3. The Balaban J connectivity index is 2.67. The summed E-state index contributed by atoms with van der Waals surface area (Å²) in [5.41, 5.74) is -4.42. The van der Waals surface area contributed by atoms with Crippen LogP contribution in [0.4, 0.5) is 22.4 Å². The van der Waals surface area contributed by atoms with E-state index < -0.39 is 46.1 Å². The molecule has 150 valence electrons. The van der Waals surface area contributed by atoms with Gasteiger partial charge in [0.15, 0.2) is 5.78 Å². The molecule has 1 atom stereocenters. The zero-order valence-electron chi connectivity index (χ0n) is 15.7. The molecular weight excluding hydrogens is 366 g/mol. The van der Waals surface area contributed by atoms with E-state index in [9.17, 15) is 27.2 Å². The molecule has 1 amide bonds. The van der Waals surface area contributed by atoms with Gasteiger partial charge in [0.1, 0.15) is 17.0 Å². The van der Waals surface area contributed by atoms with Crippen molar-refractivity contribution in [1.29, 1.82) is 0 Å². The molecule has 2 rings (SSSR count). The van der Waals surface area contributed by atoms with E-state index in [1.165, 1.54) is 7.05 Å². The fraction of sp³-hybridized carbons (Fsp3) is 0.579. The van der Waals surface area contributed by atoms with E-state index >= 15 is 0 Å². The number of ether oxygens (including phenoxy) is 1. The largest absolute Gasteiger partial charge is 0.444 e. The van der Waals surface area contributed by atoms with E-state index in [2.05, 4.69) is 0 Å². The number of hydrogen-bond donors (Lipinski definition) is 0. The number of Topliss-reactive ketones (excluding diaryl/α,β-unsaturated/α-hetero) is 1. The van der Waals surface area contributed by atoms with Crippen LogP contribution < -0.4 is 0 Å². The standard InChI is InChI=1S/C19H23F4NO3/c1-17(2,3)27-16(26)24(4)18(10-6-5-7-15(18)25)13-9-8-12(20)11-14(13)19(21,22)23/h8-9,11H,5-7,10H2,1-4H3. The molecule has 1 fully saturated rings. The van der Waals surface area contributed by atoms with E-state index in [1.54, 1.807) is 20.8 Å². The number of amides is 1. The van der Waals surface area contributed by atoms with Crippen molar-refractivity contribution in [3.8, 4) is 0 Å². The van der Waals surface area contributed by atoms with E-state index in [1.807, 2.05) is 0 Å². The maximum atomic E-state index is 13.6. The first-order valence-electron chi connectivity index (χ1n) is 8.66. The third-order valence-corrected chi connectivity index (χ3v) is 4.63. The van der Waals surface area contributed by atoms with Crippen molar-refractivity contribution in [1.82, 2.24) is 4.90 Å². The van der Waals surface area contributed by atoms with Crippen LogP contribution >= 0.6 is 0 Å². The highest BCUT2D eigenvalue weighted by Gasteiger charge is 2.52. The Kier molecular flexibility index (Phi) is 5.59. The zero-order valence-corrected chi connectivity index (χ0v) is 15.7. The smallest absolute Gasteiger partial charge is 0.416 e. The van der Waals surface area contributed by atoms with Gasteiger partial charge in [-0.2, -0.15) is 13.2 Å². The Labute approximate surface area is 155 Å². The predicted molar refractivity (Wildman–Crippen MR) is 90.6 cm³/mol. The fourth-order valence-electron chi connectivity index (χ4n) is 3.43. The van der Waals surface area contributed by atoms with Crippen LogP contribution in [0.25, 0.3) is 0 Å². The summed E-state index contributed by atoms with van der Waals surface area (Å²) in [6.45, 7) is 4.85. The molecule has 0 radical (unpaired) electrons. The van der Waals surface area contributed by atoms with Gasteiger partial charge in [-0.25, -0.2) is 9.18 Å². The molecular formula is C19H23F4NO3. The molecule has 1 aromatic carbocycles. The van der Waals surface area contributed by atoms with Gasteiger partial charge < -0.3 is 4.74 Å². The lowest BCUT2D eigenvalue weighted by Crippen LogP contribution is -2.55. The number of likely N-dealkylation sites (N-methyl/N-ethyl adjacent to an activating group) is 1. The van der Waals surface area contributed by atoms with Crippen LogP contribution in [0, 0.1) is 5.82 Å². The molecule has 8 heteroatoms. The van der Waals surface area contributed by atoms with E-state index in [0.29, 0.717) is 18.9 Å². The lowest BCUT2D eigenvalue weighted by atomic mass is 9.73. The molecule has 27 heavy (non-hydrogen) atoms. The highest BCUT2D eigenvalue weighted by molar-refractivity contribution is 5.93. The third-order valence-electron chi connectivity index (χ3n) is 4.63. The molecule has 0 spiro atoms. The lowest BCUT2D eigenvalue weighted by Gasteiger charge is -2.44. The number of carbonyl (C=O) groups is 2. The number of hydrogen-bond acceptors (Lipinski definition) is 3. The van der Waals surface area contributed by atoms with Crippen LogP contribution in [0.5, 0.6) is 0 Å². The van der Waals surface area contributed by atoms with Crippen molar-refractivity contribution in [3.63, 3.8) is 0 Å². The molecule has 1 aliphatic carbocycles. The van der Waals surface area contributed by atoms with Crippen LogP contribution in [0.3, 0.4) is 0 Å². The minimum absolute atomic E-state index is 0.0102. The van der Waals surface area contributed by atoms with E-state index in [-0.39, 0.29) is 12.8 Å². The minimum atomic E-state index is -4.88.